The molecule has 0 fully saturated rings. The van der Waals surface area contributed by atoms with E-state index in [1.165, 1.54) is 11.3 Å². The SMILES string of the molecule is Cc1c(C(=O)O)c(C)c2sccc2c1O. The lowest BCUT2D eigenvalue weighted by atomic mass is 9.99. The molecule has 0 saturated heterocycles. The molecule has 0 aliphatic rings. The van der Waals surface area contributed by atoms with Gasteiger partial charge in [0.25, 0.3) is 0 Å². The van der Waals surface area contributed by atoms with Gasteiger partial charge < -0.3 is 10.2 Å². The first-order valence-electron chi connectivity index (χ1n) is 4.46. The third-order valence-electron chi connectivity index (χ3n) is 2.58. The Kier molecular flexibility index (Phi) is 2.16. The number of aromatic hydroxyl groups is 1. The molecule has 1 aromatic carbocycles. The predicted octanol–water partition coefficient (Wildman–Crippen LogP) is 2.92. The van der Waals surface area contributed by atoms with Crippen LogP contribution in [0.4, 0.5) is 0 Å². The first kappa shape index (κ1) is 9.98. The summed E-state index contributed by atoms with van der Waals surface area (Å²) in [6.45, 7) is 3.40. The molecule has 1 heterocycles. The third kappa shape index (κ3) is 1.29. The maximum absolute atomic E-state index is 11.1. The van der Waals surface area contributed by atoms with E-state index in [2.05, 4.69) is 0 Å². The second kappa shape index (κ2) is 3.24. The molecule has 1 aromatic heterocycles. The van der Waals surface area contributed by atoms with Crippen molar-refractivity contribution in [1.82, 2.24) is 0 Å². The zero-order chi connectivity index (χ0) is 11.2. The lowest BCUT2D eigenvalue weighted by Gasteiger charge is -2.09. The molecule has 0 saturated carbocycles. The van der Waals surface area contributed by atoms with Crippen molar-refractivity contribution in [2.45, 2.75) is 13.8 Å². The van der Waals surface area contributed by atoms with Crippen LogP contribution in [0.25, 0.3) is 10.1 Å². The molecule has 4 heteroatoms. The van der Waals surface area contributed by atoms with Gasteiger partial charge >= 0.3 is 5.97 Å². The van der Waals surface area contributed by atoms with Crippen molar-refractivity contribution in [3.63, 3.8) is 0 Å². The van der Waals surface area contributed by atoms with E-state index in [-0.39, 0.29) is 11.3 Å². The number of hydrogen-bond acceptors (Lipinski definition) is 3. The first-order valence-corrected chi connectivity index (χ1v) is 5.34. The molecule has 0 amide bonds. The van der Waals surface area contributed by atoms with Gasteiger partial charge in [-0.15, -0.1) is 11.3 Å². The van der Waals surface area contributed by atoms with Crippen molar-refractivity contribution in [1.29, 1.82) is 0 Å². The summed E-state index contributed by atoms with van der Waals surface area (Å²) in [6, 6.07) is 1.81. The zero-order valence-corrected chi connectivity index (χ0v) is 9.18. The van der Waals surface area contributed by atoms with Crippen molar-refractivity contribution in [3.8, 4) is 5.75 Å². The molecule has 2 aromatic rings. The molecule has 2 rings (SSSR count). The molecule has 0 radical (unpaired) electrons. The van der Waals surface area contributed by atoms with E-state index in [0.29, 0.717) is 5.56 Å². The minimum Gasteiger partial charge on any atom is -0.507 e. The molecule has 0 aliphatic heterocycles. The molecule has 0 atom stereocenters. The van der Waals surface area contributed by atoms with Crippen LogP contribution >= 0.6 is 11.3 Å². The Labute approximate surface area is 90.6 Å². The van der Waals surface area contributed by atoms with Crippen molar-refractivity contribution in [2.75, 3.05) is 0 Å². The lowest BCUT2D eigenvalue weighted by molar-refractivity contribution is 0.0695. The van der Waals surface area contributed by atoms with Gasteiger partial charge in [-0.25, -0.2) is 4.79 Å². The number of phenolic OH excluding ortho intramolecular Hbond substituents is 1. The third-order valence-corrected chi connectivity index (χ3v) is 3.61. The number of aromatic carboxylic acids is 1. The van der Waals surface area contributed by atoms with E-state index in [0.717, 1.165) is 15.6 Å². The van der Waals surface area contributed by atoms with Crippen LogP contribution in [0.5, 0.6) is 5.75 Å². The fourth-order valence-corrected chi connectivity index (χ4v) is 2.73. The van der Waals surface area contributed by atoms with Crippen LogP contribution in [0.2, 0.25) is 0 Å². The highest BCUT2D eigenvalue weighted by atomic mass is 32.1. The van der Waals surface area contributed by atoms with E-state index in [9.17, 15) is 9.90 Å². The van der Waals surface area contributed by atoms with E-state index < -0.39 is 5.97 Å². The molecule has 78 valence electrons. The molecule has 3 nitrogen and oxygen atoms in total. The standard InChI is InChI=1S/C11H10O3S/c1-5-8(11(13)14)6(2)10-7(9(5)12)3-4-15-10/h3-4,12H,1-2H3,(H,13,14). The second-order valence-corrected chi connectivity index (χ2v) is 4.36. The van der Waals surface area contributed by atoms with Crippen molar-refractivity contribution in [3.05, 3.63) is 28.1 Å². The Morgan fingerprint density at radius 3 is 2.60 bits per heavy atom. The van der Waals surface area contributed by atoms with E-state index in [1.54, 1.807) is 19.9 Å². The van der Waals surface area contributed by atoms with Crippen LogP contribution < -0.4 is 0 Å². The Morgan fingerprint density at radius 1 is 1.33 bits per heavy atom. The number of hydrogen-bond donors (Lipinski definition) is 2. The van der Waals surface area contributed by atoms with Crippen LogP contribution in [-0.4, -0.2) is 16.2 Å². The van der Waals surface area contributed by atoms with Crippen LogP contribution in [0, 0.1) is 13.8 Å². The van der Waals surface area contributed by atoms with Crippen molar-refractivity contribution in [2.24, 2.45) is 0 Å². The van der Waals surface area contributed by atoms with Crippen molar-refractivity contribution >= 4 is 27.4 Å². The summed E-state index contributed by atoms with van der Waals surface area (Å²) in [5.41, 5.74) is 1.37. The van der Waals surface area contributed by atoms with Crippen molar-refractivity contribution < 1.29 is 15.0 Å². The van der Waals surface area contributed by atoms with Gasteiger partial charge in [-0.05, 0) is 30.9 Å². The highest BCUT2D eigenvalue weighted by molar-refractivity contribution is 7.17. The molecule has 0 unspecified atom stereocenters. The van der Waals surface area contributed by atoms with Gasteiger partial charge in [0.05, 0.1) is 5.56 Å². The number of carboxylic acid groups (broad SMARTS) is 1. The highest BCUT2D eigenvalue weighted by Crippen LogP contribution is 2.37. The minimum absolute atomic E-state index is 0.0780. The Balaban J connectivity index is 2.98. The normalized spacial score (nSPS) is 10.8. The Morgan fingerprint density at radius 2 is 2.00 bits per heavy atom. The molecule has 15 heavy (non-hydrogen) atoms. The number of carboxylic acids is 1. The fourth-order valence-electron chi connectivity index (χ4n) is 1.82. The zero-order valence-electron chi connectivity index (χ0n) is 8.37. The van der Waals surface area contributed by atoms with Gasteiger partial charge in [0.2, 0.25) is 0 Å². The van der Waals surface area contributed by atoms with Gasteiger partial charge in [-0.2, -0.15) is 0 Å². The van der Waals surface area contributed by atoms with Crippen LogP contribution in [0.15, 0.2) is 11.4 Å². The molecule has 2 N–H and O–H groups in total. The van der Waals surface area contributed by atoms with E-state index in [4.69, 9.17) is 5.11 Å². The summed E-state index contributed by atoms with van der Waals surface area (Å²) in [5.74, 6) is -0.912. The van der Waals surface area contributed by atoms with Gasteiger partial charge in [0, 0.05) is 15.6 Å². The number of phenols is 1. The molecule has 0 aliphatic carbocycles. The van der Waals surface area contributed by atoms with Crippen LogP contribution in [-0.2, 0) is 0 Å². The maximum Gasteiger partial charge on any atom is 0.336 e. The van der Waals surface area contributed by atoms with Gasteiger partial charge in [0.15, 0.2) is 0 Å². The number of carbonyl (C=O) groups is 1. The summed E-state index contributed by atoms with van der Waals surface area (Å²) in [4.78, 5) is 11.1. The Bertz CT molecular complexity index is 554. The predicted molar refractivity (Wildman–Crippen MR) is 59.9 cm³/mol. The van der Waals surface area contributed by atoms with Crippen LogP contribution in [0.1, 0.15) is 21.5 Å². The lowest BCUT2D eigenvalue weighted by Crippen LogP contribution is -2.03. The van der Waals surface area contributed by atoms with Gasteiger partial charge in [-0.1, -0.05) is 0 Å². The summed E-state index contributed by atoms with van der Waals surface area (Å²) >= 11 is 1.45. The summed E-state index contributed by atoms with van der Waals surface area (Å²) < 4.78 is 0.843. The quantitative estimate of drug-likeness (QED) is 0.780. The average molecular weight is 222 g/mol. The van der Waals surface area contributed by atoms with Crippen LogP contribution in [0.3, 0.4) is 0 Å². The maximum atomic E-state index is 11.1. The fraction of sp³-hybridized carbons (Fsp3) is 0.182. The summed E-state index contributed by atoms with van der Waals surface area (Å²) in [5, 5.41) is 21.5. The van der Waals surface area contributed by atoms with Gasteiger partial charge in [0.1, 0.15) is 5.75 Å². The largest absolute Gasteiger partial charge is 0.507 e. The van der Waals surface area contributed by atoms with E-state index in [1.807, 2.05) is 5.38 Å². The number of rotatable bonds is 1. The second-order valence-electron chi connectivity index (χ2n) is 3.44. The average Bonchev–Trinajstić information content (AvgIpc) is 2.62. The number of benzene rings is 1. The molecular formula is C11H10O3S. The summed E-state index contributed by atoms with van der Waals surface area (Å²) in [7, 11) is 0. The summed E-state index contributed by atoms with van der Waals surface area (Å²) in [6.07, 6.45) is 0. The number of thiophene rings is 1. The van der Waals surface area contributed by atoms with Gasteiger partial charge in [-0.3, -0.25) is 0 Å². The number of fused-ring (bicyclic) bond motifs is 1. The highest BCUT2D eigenvalue weighted by Gasteiger charge is 2.18. The first-order chi connectivity index (χ1) is 7.04. The van der Waals surface area contributed by atoms with E-state index >= 15 is 0 Å². The molecule has 0 bridgehead atoms. The number of aryl methyl sites for hydroxylation is 1. The topological polar surface area (TPSA) is 57.5 Å². The molecule has 0 spiro atoms. The minimum atomic E-state index is -0.990. The Hall–Kier alpha value is -1.55. The smallest absolute Gasteiger partial charge is 0.336 e. The monoisotopic (exact) mass is 222 g/mol. The molecular weight excluding hydrogens is 212 g/mol.